The van der Waals surface area contributed by atoms with Crippen LogP contribution in [-0.4, -0.2) is 51.7 Å². The zero-order valence-corrected chi connectivity index (χ0v) is 18.3. The smallest absolute Gasteiger partial charge is 0.480 e. The lowest BCUT2D eigenvalue weighted by atomic mass is 10.1. The van der Waals surface area contributed by atoms with Crippen LogP contribution in [0.1, 0.15) is 10.4 Å². The Hall–Kier alpha value is -4.39. The molecule has 0 atom stereocenters. The van der Waals surface area contributed by atoms with Crippen molar-refractivity contribution in [2.45, 2.75) is 6.18 Å². The van der Waals surface area contributed by atoms with Gasteiger partial charge in [-0.25, -0.2) is 9.78 Å². The number of hydrogen-bond donors (Lipinski definition) is 5. The first kappa shape index (κ1) is 26.9. The van der Waals surface area contributed by atoms with Crippen LogP contribution in [0.25, 0.3) is 10.8 Å². The van der Waals surface area contributed by atoms with E-state index in [1.165, 1.54) is 11.1 Å². The van der Waals surface area contributed by atoms with Crippen LogP contribution in [0.5, 0.6) is 0 Å². The lowest BCUT2D eigenvalue weighted by molar-refractivity contribution is -0.192. The van der Waals surface area contributed by atoms with Crippen molar-refractivity contribution < 1.29 is 37.8 Å². The fourth-order valence-corrected chi connectivity index (χ4v) is 2.96. The second kappa shape index (κ2) is 11.2. The summed E-state index contributed by atoms with van der Waals surface area (Å²) in [6.45, 7) is -0.493. The van der Waals surface area contributed by atoms with Crippen LogP contribution >= 0.6 is 11.6 Å². The van der Waals surface area contributed by atoms with E-state index in [4.69, 9.17) is 32.6 Å². The lowest BCUT2D eigenvalue weighted by Crippen LogP contribution is -2.35. The van der Waals surface area contributed by atoms with Gasteiger partial charge >= 0.3 is 18.1 Å². The number of benzene rings is 2. The number of carbonyl (C=O) groups excluding carboxylic acids is 1. The third-order valence-electron chi connectivity index (χ3n) is 4.19. The van der Waals surface area contributed by atoms with Crippen molar-refractivity contribution in [3.63, 3.8) is 0 Å². The number of nitrogens with zero attached hydrogens (tertiary/aromatic N) is 2. The molecule has 14 heteroatoms. The number of pyridine rings is 1. The fraction of sp³-hybridized carbons (Fsp3) is 0.0952. The summed E-state index contributed by atoms with van der Waals surface area (Å²) in [4.78, 5) is 38.5. The third kappa shape index (κ3) is 7.30. The molecule has 3 aromatic rings. The van der Waals surface area contributed by atoms with Gasteiger partial charge in [0.1, 0.15) is 12.4 Å². The van der Waals surface area contributed by atoms with Crippen molar-refractivity contribution in [3.05, 3.63) is 65.3 Å². The molecule has 0 unspecified atom stereocenters. The predicted octanol–water partition coefficient (Wildman–Crippen LogP) is 3.56. The molecule has 0 bridgehead atoms. The number of rotatable bonds is 5. The summed E-state index contributed by atoms with van der Waals surface area (Å²) in [6.07, 6.45) is -3.67. The summed E-state index contributed by atoms with van der Waals surface area (Å²) in [6, 6.07) is 13.3. The number of carboxylic acids is 2. The van der Waals surface area contributed by atoms with Gasteiger partial charge < -0.3 is 21.3 Å². The summed E-state index contributed by atoms with van der Waals surface area (Å²) in [5.74, 6) is -4.44. The number of fused-ring (bicyclic) bond motifs is 1. The maximum absolute atomic E-state index is 13.1. The van der Waals surface area contributed by atoms with Crippen LogP contribution in [0.2, 0.25) is 5.02 Å². The molecule has 0 aliphatic rings. The normalized spacial score (nSPS) is 10.6. The van der Waals surface area contributed by atoms with Crippen molar-refractivity contribution in [1.82, 2.24) is 4.98 Å². The standard InChI is InChI=1S/C19H16ClN5O3.C2HF3O2/c20-15-9-23-17(24-19(21)22)14-8-11(6-7-13(14)15)18(28)25(10-16(26)27)12-4-2-1-3-5-12;3-2(4,5)1(6)7/h1-9H,10H2,(H,26,27)(H4,21,22,23,24);(H,6,7). The van der Waals surface area contributed by atoms with Gasteiger partial charge in [0.2, 0.25) is 0 Å². The van der Waals surface area contributed by atoms with E-state index in [2.05, 4.69) is 10.3 Å². The zero-order chi connectivity index (χ0) is 26.3. The van der Waals surface area contributed by atoms with E-state index in [-0.39, 0.29) is 17.3 Å². The van der Waals surface area contributed by atoms with Gasteiger partial charge in [0.25, 0.3) is 5.91 Å². The second-order valence-corrected chi connectivity index (χ2v) is 7.08. The Morgan fingerprint density at radius 1 is 1.09 bits per heavy atom. The minimum atomic E-state index is -5.08. The monoisotopic (exact) mass is 511 g/mol. The van der Waals surface area contributed by atoms with Crippen molar-refractivity contribution >= 4 is 57.7 Å². The molecule has 0 saturated heterocycles. The third-order valence-corrected chi connectivity index (χ3v) is 4.49. The van der Waals surface area contributed by atoms with Crippen molar-refractivity contribution in [1.29, 1.82) is 5.41 Å². The molecule has 0 saturated carbocycles. The Morgan fingerprint density at radius 3 is 2.20 bits per heavy atom. The molecule has 1 aromatic heterocycles. The predicted molar refractivity (Wildman–Crippen MR) is 122 cm³/mol. The molecule has 0 fully saturated rings. The number of anilines is 2. The Labute approximate surface area is 200 Å². The molecule has 0 spiro atoms. The number of carbonyl (C=O) groups is 3. The first-order chi connectivity index (χ1) is 16.3. The zero-order valence-electron chi connectivity index (χ0n) is 17.5. The van der Waals surface area contributed by atoms with Crippen molar-refractivity contribution in [2.75, 3.05) is 16.8 Å². The van der Waals surface area contributed by atoms with Crippen LogP contribution < -0.4 is 16.0 Å². The summed E-state index contributed by atoms with van der Waals surface area (Å²) in [7, 11) is 0. The van der Waals surface area contributed by atoms with Gasteiger partial charge in [0.05, 0.1) is 5.02 Å². The molecule has 0 aliphatic carbocycles. The van der Waals surface area contributed by atoms with Gasteiger partial charge in [-0.05, 0) is 24.3 Å². The number of halogens is 4. The van der Waals surface area contributed by atoms with Crippen LogP contribution in [-0.2, 0) is 9.59 Å². The van der Waals surface area contributed by atoms with E-state index in [0.717, 1.165) is 0 Å². The highest BCUT2D eigenvalue weighted by Gasteiger charge is 2.38. The number of nitrogens with one attached hydrogen (secondary N) is 2. The number of alkyl halides is 3. The lowest BCUT2D eigenvalue weighted by Gasteiger charge is -2.21. The maximum Gasteiger partial charge on any atom is 0.490 e. The fourth-order valence-electron chi connectivity index (χ4n) is 2.75. The molecule has 3 rings (SSSR count). The van der Waals surface area contributed by atoms with Gasteiger partial charge in [-0.1, -0.05) is 35.9 Å². The van der Waals surface area contributed by atoms with Crippen molar-refractivity contribution in [2.24, 2.45) is 5.73 Å². The Morgan fingerprint density at radius 2 is 1.69 bits per heavy atom. The first-order valence-electron chi connectivity index (χ1n) is 9.39. The average Bonchev–Trinajstić information content (AvgIpc) is 2.78. The summed E-state index contributed by atoms with van der Waals surface area (Å²) < 4.78 is 31.7. The Bertz CT molecular complexity index is 1270. The molecule has 6 N–H and O–H groups in total. The van der Waals surface area contributed by atoms with Gasteiger partial charge in [0, 0.05) is 28.2 Å². The van der Waals surface area contributed by atoms with Crippen molar-refractivity contribution in [3.8, 4) is 0 Å². The number of aliphatic carboxylic acids is 2. The number of carboxylic acid groups (broad SMARTS) is 2. The van der Waals surface area contributed by atoms with Gasteiger partial charge in [-0.2, -0.15) is 13.2 Å². The molecular weight excluding hydrogens is 495 g/mol. The van der Waals surface area contributed by atoms with E-state index in [1.807, 2.05) is 0 Å². The van der Waals surface area contributed by atoms with Crippen LogP contribution in [0, 0.1) is 5.41 Å². The molecule has 184 valence electrons. The van der Waals surface area contributed by atoms with E-state index in [9.17, 15) is 27.9 Å². The molecule has 10 nitrogen and oxygen atoms in total. The molecule has 0 aliphatic heterocycles. The van der Waals surface area contributed by atoms with Gasteiger partial charge in [-0.15, -0.1) is 0 Å². The highest BCUT2D eigenvalue weighted by atomic mass is 35.5. The van der Waals surface area contributed by atoms with Crippen LogP contribution in [0.15, 0.2) is 54.7 Å². The number of aromatic nitrogens is 1. The summed E-state index contributed by atoms with van der Waals surface area (Å²) in [5, 5.41) is 27.8. The highest BCUT2D eigenvalue weighted by Crippen LogP contribution is 2.29. The molecule has 1 amide bonds. The van der Waals surface area contributed by atoms with E-state index in [1.54, 1.807) is 48.5 Å². The number of hydrogen-bond acceptors (Lipinski definition) is 5. The minimum absolute atomic E-state index is 0.244. The maximum atomic E-state index is 13.1. The van der Waals surface area contributed by atoms with Crippen LogP contribution in [0.4, 0.5) is 24.7 Å². The number of para-hydroxylation sites is 1. The van der Waals surface area contributed by atoms with E-state index < -0.39 is 30.6 Å². The first-order valence-corrected chi connectivity index (χ1v) is 9.77. The summed E-state index contributed by atoms with van der Waals surface area (Å²) in [5.41, 5.74) is 6.09. The summed E-state index contributed by atoms with van der Waals surface area (Å²) >= 11 is 6.18. The van der Waals surface area contributed by atoms with Crippen LogP contribution in [0.3, 0.4) is 0 Å². The number of nitrogens with two attached hydrogens (primary N) is 1. The molecule has 2 aromatic carbocycles. The number of guanidine groups is 1. The van der Waals surface area contributed by atoms with E-state index >= 15 is 0 Å². The molecular formula is C21H17ClF3N5O5. The quantitative estimate of drug-likeness (QED) is 0.256. The average molecular weight is 512 g/mol. The van der Waals surface area contributed by atoms with E-state index in [0.29, 0.717) is 21.5 Å². The second-order valence-electron chi connectivity index (χ2n) is 6.68. The Kier molecular flexibility index (Phi) is 8.56. The number of amides is 1. The van der Waals surface area contributed by atoms with Gasteiger partial charge in [-0.3, -0.25) is 19.9 Å². The Balaban J connectivity index is 0.000000540. The molecule has 0 radical (unpaired) electrons. The highest BCUT2D eigenvalue weighted by molar-refractivity contribution is 6.36. The molecule has 35 heavy (non-hydrogen) atoms. The van der Waals surface area contributed by atoms with Gasteiger partial charge in [0.15, 0.2) is 5.96 Å². The minimum Gasteiger partial charge on any atom is -0.480 e. The largest absolute Gasteiger partial charge is 0.490 e. The molecule has 1 heterocycles. The SMILES string of the molecule is N=C(N)Nc1ncc(Cl)c2ccc(C(=O)N(CC(=O)O)c3ccccc3)cc12.O=C(O)C(F)(F)F. The topological polar surface area (TPSA) is 170 Å².